The van der Waals surface area contributed by atoms with Gasteiger partial charge in [-0.25, -0.2) is 0 Å². The SMILES string of the molecule is COc1ccc(-c2noc(N3CCC[C@H](C(=O)NCCCN4CCCC4=O)C3)n2)cc1. The van der Waals surface area contributed by atoms with E-state index in [0.29, 0.717) is 37.9 Å². The molecule has 1 atom stereocenters. The Balaban J connectivity index is 1.27. The standard InChI is InChI=1S/C22H29N5O4/c1-30-18-9-7-16(8-10-18)20-24-22(31-25-20)27-13-2-5-17(15-27)21(29)23-11-4-14-26-12-3-6-19(26)28/h7-10,17H,2-6,11-15H2,1H3,(H,23,29)/t17-/m0/s1. The Hall–Kier alpha value is -3.10. The molecule has 3 heterocycles. The van der Waals surface area contributed by atoms with Gasteiger partial charge >= 0.3 is 6.01 Å². The number of rotatable bonds is 8. The molecule has 2 fully saturated rings. The normalized spacial score (nSPS) is 19.0. The summed E-state index contributed by atoms with van der Waals surface area (Å²) in [4.78, 5) is 32.7. The van der Waals surface area contributed by atoms with Gasteiger partial charge in [0.1, 0.15) is 5.75 Å². The lowest BCUT2D eigenvalue weighted by atomic mass is 9.97. The quantitative estimate of drug-likeness (QED) is 0.644. The minimum absolute atomic E-state index is 0.0485. The highest BCUT2D eigenvalue weighted by atomic mass is 16.5. The lowest BCUT2D eigenvalue weighted by Gasteiger charge is -2.30. The number of carbonyl (C=O) groups excluding carboxylic acids is 2. The predicted molar refractivity (Wildman–Crippen MR) is 115 cm³/mol. The molecule has 0 unspecified atom stereocenters. The number of piperidine rings is 1. The van der Waals surface area contributed by atoms with Gasteiger partial charge in [-0.15, -0.1) is 0 Å². The summed E-state index contributed by atoms with van der Waals surface area (Å²) < 4.78 is 10.7. The lowest BCUT2D eigenvalue weighted by molar-refractivity contribution is -0.127. The number of carbonyl (C=O) groups is 2. The number of amides is 2. The number of ether oxygens (including phenoxy) is 1. The van der Waals surface area contributed by atoms with Crippen molar-refractivity contribution in [2.75, 3.05) is 44.7 Å². The largest absolute Gasteiger partial charge is 0.497 e. The van der Waals surface area contributed by atoms with Crippen LogP contribution in [-0.4, -0.2) is 66.7 Å². The van der Waals surface area contributed by atoms with Gasteiger partial charge in [-0.3, -0.25) is 9.59 Å². The number of nitrogens with one attached hydrogen (secondary N) is 1. The van der Waals surface area contributed by atoms with Gasteiger partial charge in [-0.2, -0.15) is 4.98 Å². The predicted octanol–water partition coefficient (Wildman–Crippen LogP) is 2.09. The zero-order valence-electron chi connectivity index (χ0n) is 17.9. The van der Waals surface area contributed by atoms with Crippen LogP contribution >= 0.6 is 0 Å². The number of methoxy groups -OCH3 is 1. The number of likely N-dealkylation sites (tertiary alicyclic amines) is 1. The van der Waals surface area contributed by atoms with Crippen molar-refractivity contribution in [3.05, 3.63) is 24.3 Å². The minimum atomic E-state index is -0.112. The number of aromatic nitrogens is 2. The Morgan fingerprint density at radius 1 is 1.26 bits per heavy atom. The molecule has 2 aliphatic rings. The molecule has 0 spiro atoms. The van der Waals surface area contributed by atoms with E-state index in [4.69, 9.17) is 9.26 Å². The Morgan fingerprint density at radius 2 is 2.10 bits per heavy atom. The van der Waals surface area contributed by atoms with Crippen LogP contribution in [0.5, 0.6) is 5.75 Å². The average Bonchev–Trinajstić information content (AvgIpc) is 3.46. The Labute approximate surface area is 181 Å². The summed E-state index contributed by atoms with van der Waals surface area (Å²) in [6.07, 6.45) is 4.11. The lowest BCUT2D eigenvalue weighted by Crippen LogP contribution is -2.43. The minimum Gasteiger partial charge on any atom is -0.497 e. The maximum absolute atomic E-state index is 12.6. The number of benzene rings is 1. The molecule has 1 aromatic carbocycles. The number of hydrogen-bond donors (Lipinski definition) is 1. The summed E-state index contributed by atoms with van der Waals surface area (Å²) >= 11 is 0. The molecule has 0 saturated carbocycles. The van der Waals surface area contributed by atoms with E-state index in [-0.39, 0.29) is 17.7 Å². The molecule has 2 aliphatic heterocycles. The molecule has 9 nitrogen and oxygen atoms in total. The van der Waals surface area contributed by atoms with Crippen LogP contribution < -0.4 is 15.0 Å². The van der Waals surface area contributed by atoms with E-state index in [0.717, 1.165) is 50.1 Å². The second-order valence-electron chi connectivity index (χ2n) is 8.04. The monoisotopic (exact) mass is 427 g/mol. The first-order valence-electron chi connectivity index (χ1n) is 10.9. The number of nitrogens with zero attached hydrogens (tertiary/aromatic N) is 4. The van der Waals surface area contributed by atoms with Gasteiger partial charge < -0.3 is 24.4 Å². The van der Waals surface area contributed by atoms with E-state index >= 15 is 0 Å². The van der Waals surface area contributed by atoms with Crippen molar-refractivity contribution in [3.63, 3.8) is 0 Å². The molecule has 31 heavy (non-hydrogen) atoms. The van der Waals surface area contributed by atoms with Crippen molar-refractivity contribution < 1.29 is 18.8 Å². The van der Waals surface area contributed by atoms with Crippen LogP contribution in [0.15, 0.2) is 28.8 Å². The zero-order chi connectivity index (χ0) is 21.6. The fraction of sp³-hybridized carbons (Fsp3) is 0.545. The fourth-order valence-corrected chi connectivity index (χ4v) is 4.13. The maximum atomic E-state index is 12.6. The summed E-state index contributed by atoms with van der Waals surface area (Å²) in [7, 11) is 1.62. The van der Waals surface area contributed by atoms with E-state index in [9.17, 15) is 9.59 Å². The third-order valence-electron chi connectivity index (χ3n) is 5.90. The molecule has 2 aromatic rings. The van der Waals surface area contributed by atoms with Crippen LogP contribution in [0, 0.1) is 5.92 Å². The number of anilines is 1. The van der Waals surface area contributed by atoms with Gasteiger partial charge in [0.2, 0.25) is 17.6 Å². The zero-order valence-corrected chi connectivity index (χ0v) is 17.9. The molecule has 0 radical (unpaired) electrons. The van der Waals surface area contributed by atoms with E-state index in [1.165, 1.54) is 0 Å². The molecule has 9 heteroatoms. The van der Waals surface area contributed by atoms with Gasteiger partial charge in [0.25, 0.3) is 0 Å². The summed E-state index contributed by atoms with van der Waals surface area (Å²) in [5.41, 5.74) is 0.846. The molecule has 1 N–H and O–H groups in total. The van der Waals surface area contributed by atoms with E-state index in [1.54, 1.807) is 7.11 Å². The molecule has 0 bridgehead atoms. The topological polar surface area (TPSA) is 101 Å². The molecule has 166 valence electrons. The first-order valence-corrected chi connectivity index (χ1v) is 10.9. The molecule has 2 amide bonds. The van der Waals surface area contributed by atoms with Gasteiger partial charge in [0.05, 0.1) is 13.0 Å². The molecular formula is C22H29N5O4. The van der Waals surface area contributed by atoms with Gasteiger partial charge in [-0.1, -0.05) is 5.16 Å². The van der Waals surface area contributed by atoms with E-state index in [2.05, 4.69) is 15.5 Å². The van der Waals surface area contributed by atoms with Crippen LogP contribution in [0.2, 0.25) is 0 Å². The van der Waals surface area contributed by atoms with Crippen LogP contribution in [-0.2, 0) is 9.59 Å². The third kappa shape index (κ3) is 5.15. The molecule has 0 aliphatic carbocycles. The molecular weight excluding hydrogens is 398 g/mol. The highest BCUT2D eigenvalue weighted by molar-refractivity contribution is 5.79. The van der Waals surface area contributed by atoms with Crippen LogP contribution in [0.25, 0.3) is 11.4 Å². The second-order valence-corrected chi connectivity index (χ2v) is 8.04. The van der Waals surface area contributed by atoms with Crippen molar-refractivity contribution in [3.8, 4) is 17.1 Å². The summed E-state index contributed by atoms with van der Waals surface area (Å²) in [6.45, 7) is 3.48. The number of hydrogen-bond acceptors (Lipinski definition) is 7. The van der Waals surface area contributed by atoms with Crippen molar-refractivity contribution in [1.29, 1.82) is 0 Å². The van der Waals surface area contributed by atoms with Crippen molar-refractivity contribution in [2.24, 2.45) is 5.92 Å². The van der Waals surface area contributed by atoms with Crippen LogP contribution in [0.4, 0.5) is 6.01 Å². The van der Waals surface area contributed by atoms with E-state index in [1.807, 2.05) is 34.1 Å². The first kappa shape index (κ1) is 21.1. The molecule has 4 rings (SSSR count). The smallest absolute Gasteiger partial charge is 0.324 e. The maximum Gasteiger partial charge on any atom is 0.324 e. The van der Waals surface area contributed by atoms with Crippen molar-refractivity contribution in [1.82, 2.24) is 20.4 Å². The Morgan fingerprint density at radius 3 is 2.84 bits per heavy atom. The first-order chi connectivity index (χ1) is 15.1. The highest BCUT2D eigenvalue weighted by Gasteiger charge is 2.28. The van der Waals surface area contributed by atoms with Crippen molar-refractivity contribution in [2.45, 2.75) is 32.1 Å². The Bertz CT molecular complexity index is 898. The second kappa shape index (κ2) is 9.80. The van der Waals surface area contributed by atoms with Crippen LogP contribution in [0.3, 0.4) is 0 Å². The van der Waals surface area contributed by atoms with Gasteiger partial charge in [-0.05, 0) is 49.9 Å². The summed E-state index contributed by atoms with van der Waals surface area (Å²) in [5, 5.41) is 7.11. The summed E-state index contributed by atoms with van der Waals surface area (Å²) in [6, 6.07) is 7.92. The van der Waals surface area contributed by atoms with Crippen LogP contribution in [0.1, 0.15) is 32.1 Å². The van der Waals surface area contributed by atoms with Crippen molar-refractivity contribution >= 4 is 17.8 Å². The average molecular weight is 428 g/mol. The van der Waals surface area contributed by atoms with Gasteiger partial charge in [0.15, 0.2) is 0 Å². The van der Waals surface area contributed by atoms with E-state index < -0.39 is 0 Å². The highest BCUT2D eigenvalue weighted by Crippen LogP contribution is 2.26. The Kier molecular flexibility index (Phi) is 6.69. The third-order valence-corrected chi connectivity index (χ3v) is 5.90. The molecule has 1 aromatic heterocycles. The molecule has 2 saturated heterocycles. The summed E-state index contributed by atoms with van der Waals surface area (Å²) in [5.74, 6) is 1.44. The van der Waals surface area contributed by atoms with Gasteiger partial charge in [0, 0.05) is 44.7 Å². The fourth-order valence-electron chi connectivity index (χ4n) is 4.13.